The molecule has 1 fully saturated rings. The molecule has 22 heavy (non-hydrogen) atoms. The fourth-order valence-electron chi connectivity index (χ4n) is 3.22. The first-order valence-electron chi connectivity index (χ1n) is 7.30. The van der Waals surface area contributed by atoms with E-state index < -0.39 is 11.5 Å². The fourth-order valence-corrected chi connectivity index (χ4v) is 3.39. The Balaban J connectivity index is 1.83. The molecule has 3 N–H and O–H groups in total. The number of nitrogens with one attached hydrogen (secondary N) is 2. The number of benzene rings is 1. The number of halogens is 1. The lowest BCUT2D eigenvalue weighted by Crippen LogP contribution is -2.47. The monoisotopic (exact) mass is 320 g/mol. The molecule has 0 saturated heterocycles. The number of aromatic amines is 1. The molecule has 0 unspecified atom stereocenters. The Labute approximate surface area is 132 Å². The van der Waals surface area contributed by atoms with Crippen LogP contribution in [0, 0.1) is 0 Å². The number of rotatable bonds is 4. The van der Waals surface area contributed by atoms with Crippen molar-refractivity contribution >= 4 is 34.4 Å². The number of fused-ring (bicyclic) bond motifs is 1. The van der Waals surface area contributed by atoms with Gasteiger partial charge in [0.25, 0.3) is 5.91 Å². The number of aromatic nitrogens is 1. The van der Waals surface area contributed by atoms with Crippen LogP contribution in [-0.4, -0.2) is 27.5 Å². The SMILES string of the molecule is O=C(O)CC1(NC(=O)c2cc3ccc(Cl)cc3[nH]2)CCCC1. The van der Waals surface area contributed by atoms with E-state index in [4.69, 9.17) is 16.7 Å². The summed E-state index contributed by atoms with van der Waals surface area (Å²) in [6.07, 6.45) is 3.25. The number of amides is 1. The van der Waals surface area contributed by atoms with Gasteiger partial charge in [-0.05, 0) is 31.0 Å². The van der Waals surface area contributed by atoms with Gasteiger partial charge in [0.15, 0.2) is 0 Å². The van der Waals surface area contributed by atoms with E-state index in [1.54, 1.807) is 18.2 Å². The molecule has 0 spiro atoms. The summed E-state index contributed by atoms with van der Waals surface area (Å²) in [6.45, 7) is 0. The number of hydrogen-bond acceptors (Lipinski definition) is 2. The summed E-state index contributed by atoms with van der Waals surface area (Å²) in [5.74, 6) is -1.15. The maximum absolute atomic E-state index is 12.5. The summed E-state index contributed by atoms with van der Waals surface area (Å²) in [7, 11) is 0. The molecule has 1 aliphatic rings. The van der Waals surface area contributed by atoms with E-state index in [1.807, 2.05) is 6.07 Å². The molecule has 2 aromatic rings. The molecule has 0 atom stereocenters. The summed E-state index contributed by atoms with van der Waals surface area (Å²) >= 11 is 5.94. The number of hydrogen-bond donors (Lipinski definition) is 3. The van der Waals surface area contributed by atoms with E-state index >= 15 is 0 Å². The molecule has 6 heteroatoms. The normalized spacial score (nSPS) is 16.8. The summed E-state index contributed by atoms with van der Waals surface area (Å²) in [5.41, 5.74) is 0.586. The van der Waals surface area contributed by atoms with Gasteiger partial charge in [-0.3, -0.25) is 9.59 Å². The third kappa shape index (κ3) is 2.95. The van der Waals surface area contributed by atoms with Gasteiger partial charge in [0.1, 0.15) is 5.69 Å². The van der Waals surface area contributed by atoms with Crippen LogP contribution in [-0.2, 0) is 4.79 Å². The summed E-state index contributed by atoms with van der Waals surface area (Å²) < 4.78 is 0. The van der Waals surface area contributed by atoms with Crippen LogP contribution in [0.5, 0.6) is 0 Å². The Morgan fingerprint density at radius 3 is 2.68 bits per heavy atom. The van der Waals surface area contributed by atoms with Crippen molar-refractivity contribution < 1.29 is 14.7 Å². The van der Waals surface area contributed by atoms with Crippen LogP contribution in [0.2, 0.25) is 5.02 Å². The van der Waals surface area contributed by atoms with Crippen molar-refractivity contribution in [3.8, 4) is 0 Å². The highest BCUT2D eigenvalue weighted by Gasteiger charge is 2.37. The Kier molecular flexibility index (Phi) is 3.83. The van der Waals surface area contributed by atoms with Gasteiger partial charge >= 0.3 is 5.97 Å². The molecular weight excluding hydrogens is 304 g/mol. The minimum atomic E-state index is -0.884. The molecule has 5 nitrogen and oxygen atoms in total. The highest BCUT2D eigenvalue weighted by atomic mass is 35.5. The highest BCUT2D eigenvalue weighted by Crippen LogP contribution is 2.33. The summed E-state index contributed by atoms with van der Waals surface area (Å²) in [5, 5.41) is 13.5. The summed E-state index contributed by atoms with van der Waals surface area (Å²) in [6, 6.07) is 7.12. The number of carbonyl (C=O) groups excluding carboxylic acids is 1. The Morgan fingerprint density at radius 2 is 2.00 bits per heavy atom. The number of H-pyrrole nitrogens is 1. The van der Waals surface area contributed by atoms with Crippen LogP contribution >= 0.6 is 11.6 Å². The second-order valence-corrected chi connectivity index (χ2v) is 6.36. The third-order valence-corrected chi connectivity index (χ3v) is 4.49. The lowest BCUT2D eigenvalue weighted by molar-refractivity contribution is -0.138. The molecule has 1 aromatic carbocycles. The van der Waals surface area contributed by atoms with Gasteiger partial charge in [-0.2, -0.15) is 0 Å². The molecule has 1 heterocycles. The van der Waals surface area contributed by atoms with E-state index in [-0.39, 0.29) is 12.3 Å². The minimum absolute atomic E-state index is 0.0369. The second-order valence-electron chi connectivity index (χ2n) is 5.93. The molecule has 116 valence electrons. The molecule has 1 aromatic heterocycles. The molecule has 0 bridgehead atoms. The minimum Gasteiger partial charge on any atom is -0.481 e. The van der Waals surface area contributed by atoms with E-state index in [9.17, 15) is 9.59 Å². The Morgan fingerprint density at radius 1 is 1.27 bits per heavy atom. The van der Waals surface area contributed by atoms with Crippen molar-refractivity contribution in [2.24, 2.45) is 0 Å². The second kappa shape index (κ2) is 5.65. The Hall–Kier alpha value is -2.01. The highest BCUT2D eigenvalue weighted by molar-refractivity contribution is 6.31. The lowest BCUT2D eigenvalue weighted by Gasteiger charge is -2.28. The lowest BCUT2D eigenvalue weighted by atomic mass is 9.93. The smallest absolute Gasteiger partial charge is 0.305 e. The standard InChI is InChI=1S/C16H17ClN2O3/c17-11-4-3-10-7-13(18-12(10)8-11)15(22)19-16(9-14(20)21)5-1-2-6-16/h3-4,7-8,18H,1-2,5-6,9H2,(H,19,22)(H,20,21). The molecule has 0 radical (unpaired) electrons. The fraction of sp³-hybridized carbons (Fsp3) is 0.375. The average Bonchev–Trinajstić information content (AvgIpc) is 3.04. The largest absolute Gasteiger partial charge is 0.481 e. The van der Waals surface area contributed by atoms with E-state index in [0.717, 1.165) is 23.7 Å². The van der Waals surface area contributed by atoms with Gasteiger partial charge in [0, 0.05) is 15.9 Å². The van der Waals surface area contributed by atoms with E-state index in [2.05, 4.69) is 10.3 Å². The van der Waals surface area contributed by atoms with Crippen molar-refractivity contribution in [1.82, 2.24) is 10.3 Å². The molecule has 1 amide bonds. The van der Waals surface area contributed by atoms with Gasteiger partial charge in [-0.25, -0.2) is 0 Å². The zero-order chi connectivity index (χ0) is 15.7. The van der Waals surface area contributed by atoms with Crippen LogP contribution in [0.3, 0.4) is 0 Å². The first-order valence-corrected chi connectivity index (χ1v) is 7.68. The molecule has 1 aliphatic carbocycles. The number of carbonyl (C=O) groups is 2. The quantitative estimate of drug-likeness (QED) is 0.808. The molecular formula is C16H17ClN2O3. The zero-order valence-electron chi connectivity index (χ0n) is 12.0. The zero-order valence-corrected chi connectivity index (χ0v) is 12.7. The maximum Gasteiger partial charge on any atom is 0.305 e. The van der Waals surface area contributed by atoms with Crippen molar-refractivity contribution in [2.45, 2.75) is 37.6 Å². The number of aliphatic carboxylic acids is 1. The van der Waals surface area contributed by atoms with Gasteiger partial charge < -0.3 is 15.4 Å². The van der Waals surface area contributed by atoms with Crippen LogP contribution < -0.4 is 5.32 Å². The van der Waals surface area contributed by atoms with Crippen LogP contribution in [0.15, 0.2) is 24.3 Å². The maximum atomic E-state index is 12.5. The molecule has 0 aliphatic heterocycles. The third-order valence-electron chi connectivity index (χ3n) is 4.26. The van der Waals surface area contributed by atoms with E-state index in [1.165, 1.54) is 0 Å². The predicted molar refractivity (Wildman–Crippen MR) is 84.2 cm³/mol. The van der Waals surface area contributed by atoms with Crippen molar-refractivity contribution in [3.63, 3.8) is 0 Å². The number of carboxylic acids is 1. The van der Waals surface area contributed by atoms with E-state index in [0.29, 0.717) is 23.6 Å². The van der Waals surface area contributed by atoms with Gasteiger partial charge in [0.2, 0.25) is 0 Å². The van der Waals surface area contributed by atoms with Gasteiger partial charge in [0.05, 0.1) is 12.0 Å². The molecule has 3 rings (SSSR count). The Bertz CT molecular complexity index is 732. The summed E-state index contributed by atoms with van der Waals surface area (Å²) in [4.78, 5) is 26.6. The first kappa shape index (κ1) is 14.9. The average molecular weight is 321 g/mol. The topological polar surface area (TPSA) is 82.2 Å². The van der Waals surface area contributed by atoms with Gasteiger partial charge in [-0.15, -0.1) is 0 Å². The van der Waals surface area contributed by atoms with Crippen LogP contribution in [0.1, 0.15) is 42.6 Å². The van der Waals surface area contributed by atoms with Crippen LogP contribution in [0.4, 0.5) is 0 Å². The van der Waals surface area contributed by atoms with Crippen LogP contribution in [0.25, 0.3) is 10.9 Å². The number of carboxylic acid groups (broad SMARTS) is 1. The van der Waals surface area contributed by atoms with Crippen molar-refractivity contribution in [2.75, 3.05) is 0 Å². The van der Waals surface area contributed by atoms with Crippen molar-refractivity contribution in [3.05, 3.63) is 35.0 Å². The van der Waals surface area contributed by atoms with Crippen molar-refractivity contribution in [1.29, 1.82) is 0 Å². The van der Waals surface area contributed by atoms with Gasteiger partial charge in [-0.1, -0.05) is 30.5 Å². The first-order chi connectivity index (χ1) is 10.5. The molecule has 1 saturated carbocycles. The predicted octanol–water partition coefficient (Wildman–Crippen LogP) is 3.34.